The maximum absolute atomic E-state index is 10.9. The van der Waals surface area contributed by atoms with Gasteiger partial charge in [0.05, 0.1) is 5.69 Å². The predicted octanol–water partition coefficient (Wildman–Crippen LogP) is 2.60. The largest absolute Gasteiger partial charge is 0.477 e. The molecule has 1 fully saturated rings. The van der Waals surface area contributed by atoms with E-state index in [-0.39, 0.29) is 5.69 Å². The minimum atomic E-state index is -1.03. The molecule has 2 rings (SSSR count). The molecule has 1 heterocycles. The summed E-state index contributed by atoms with van der Waals surface area (Å²) in [7, 11) is 0. The van der Waals surface area contributed by atoms with Gasteiger partial charge in [0.2, 0.25) is 0 Å². The average Bonchev–Trinajstić information content (AvgIpc) is 2.37. The Balaban J connectivity index is 2.18. The number of pyridine rings is 1. The smallest absolute Gasteiger partial charge is 0.354 e. The van der Waals surface area contributed by atoms with E-state index in [2.05, 4.69) is 24.1 Å². The van der Waals surface area contributed by atoms with Crippen LogP contribution in [0.25, 0.3) is 0 Å². The number of nitrogens with two attached hydrogens (primary N) is 1. The highest BCUT2D eigenvalue weighted by atomic mass is 16.4. The monoisotopic (exact) mass is 263 g/mol. The Morgan fingerprint density at radius 3 is 2.84 bits per heavy atom. The molecule has 0 spiro atoms. The van der Waals surface area contributed by atoms with Crippen LogP contribution in [0.1, 0.15) is 43.6 Å². The SMILES string of the molecule is CC1CCCC(Nc2nc(C(=O)O)ccc2N)C1C. The number of nitrogens with one attached hydrogen (secondary N) is 1. The van der Waals surface area contributed by atoms with Gasteiger partial charge in [-0.3, -0.25) is 0 Å². The molecule has 1 aromatic heterocycles. The van der Waals surface area contributed by atoms with E-state index >= 15 is 0 Å². The molecule has 0 radical (unpaired) electrons. The lowest BCUT2D eigenvalue weighted by Crippen LogP contribution is -2.35. The van der Waals surface area contributed by atoms with Crippen molar-refractivity contribution < 1.29 is 9.90 Å². The van der Waals surface area contributed by atoms with Crippen LogP contribution in [0.15, 0.2) is 12.1 Å². The van der Waals surface area contributed by atoms with Crippen molar-refractivity contribution in [1.82, 2.24) is 4.98 Å². The summed E-state index contributed by atoms with van der Waals surface area (Å²) in [4.78, 5) is 15.0. The van der Waals surface area contributed by atoms with Gasteiger partial charge in [0.1, 0.15) is 5.82 Å². The fraction of sp³-hybridized carbons (Fsp3) is 0.571. The van der Waals surface area contributed by atoms with Gasteiger partial charge in [-0.1, -0.05) is 26.7 Å². The zero-order valence-corrected chi connectivity index (χ0v) is 11.4. The summed E-state index contributed by atoms with van der Waals surface area (Å²) < 4.78 is 0. The van der Waals surface area contributed by atoms with Gasteiger partial charge >= 0.3 is 5.97 Å². The molecule has 19 heavy (non-hydrogen) atoms. The minimum absolute atomic E-state index is 0.0215. The average molecular weight is 263 g/mol. The number of nitrogen functional groups attached to an aromatic ring is 1. The molecule has 3 atom stereocenters. The number of hydrogen-bond donors (Lipinski definition) is 3. The number of carboxylic acid groups (broad SMARTS) is 1. The molecule has 0 saturated heterocycles. The first-order valence-electron chi connectivity index (χ1n) is 6.75. The van der Waals surface area contributed by atoms with E-state index in [4.69, 9.17) is 10.8 Å². The summed E-state index contributed by atoms with van der Waals surface area (Å²) in [6.45, 7) is 4.47. The van der Waals surface area contributed by atoms with Crippen LogP contribution in [0.3, 0.4) is 0 Å². The van der Waals surface area contributed by atoms with Crippen molar-refractivity contribution in [2.75, 3.05) is 11.1 Å². The Morgan fingerprint density at radius 1 is 1.42 bits per heavy atom. The van der Waals surface area contributed by atoms with Gasteiger partial charge in [-0.25, -0.2) is 9.78 Å². The third-order valence-corrected chi connectivity index (χ3v) is 4.17. The van der Waals surface area contributed by atoms with Crippen molar-refractivity contribution in [3.05, 3.63) is 17.8 Å². The van der Waals surface area contributed by atoms with Crippen LogP contribution in [0.5, 0.6) is 0 Å². The summed E-state index contributed by atoms with van der Waals surface area (Å²) in [5.74, 6) is 0.650. The molecule has 0 amide bonds. The van der Waals surface area contributed by atoms with Crippen molar-refractivity contribution in [1.29, 1.82) is 0 Å². The van der Waals surface area contributed by atoms with Crippen LogP contribution < -0.4 is 11.1 Å². The first-order chi connectivity index (χ1) is 8.99. The molecule has 0 aromatic carbocycles. The summed E-state index contributed by atoms with van der Waals surface area (Å²) in [5, 5.41) is 12.3. The fourth-order valence-electron chi connectivity index (χ4n) is 2.67. The molecule has 0 bridgehead atoms. The minimum Gasteiger partial charge on any atom is -0.477 e. The van der Waals surface area contributed by atoms with Crippen LogP contribution in [-0.4, -0.2) is 22.1 Å². The Labute approximate surface area is 113 Å². The number of carboxylic acids is 1. The number of aromatic nitrogens is 1. The topological polar surface area (TPSA) is 88.2 Å². The number of carbonyl (C=O) groups is 1. The summed E-state index contributed by atoms with van der Waals surface area (Å²) >= 11 is 0. The molecular formula is C14H21N3O2. The number of aromatic carboxylic acids is 1. The first-order valence-corrected chi connectivity index (χ1v) is 6.75. The number of hydrogen-bond acceptors (Lipinski definition) is 4. The molecule has 5 heteroatoms. The second kappa shape index (κ2) is 5.47. The zero-order chi connectivity index (χ0) is 14.0. The van der Waals surface area contributed by atoms with Gasteiger partial charge in [0.15, 0.2) is 5.69 Å². The van der Waals surface area contributed by atoms with Gasteiger partial charge in [-0.05, 0) is 30.4 Å². The van der Waals surface area contributed by atoms with Crippen molar-refractivity contribution >= 4 is 17.5 Å². The van der Waals surface area contributed by atoms with E-state index in [1.165, 1.54) is 18.9 Å². The van der Waals surface area contributed by atoms with E-state index in [9.17, 15) is 4.79 Å². The lowest BCUT2D eigenvalue weighted by molar-refractivity contribution is 0.0690. The van der Waals surface area contributed by atoms with Gasteiger partial charge in [0, 0.05) is 6.04 Å². The Kier molecular flexibility index (Phi) is 3.93. The van der Waals surface area contributed by atoms with Gasteiger partial charge in [0.25, 0.3) is 0 Å². The van der Waals surface area contributed by atoms with E-state index in [0.717, 1.165) is 6.42 Å². The Morgan fingerprint density at radius 2 is 2.16 bits per heavy atom. The second-order valence-corrected chi connectivity index (χ2v) is 5.46. The van der Waals surface area contributed by atoms with Crippen LogP contribution >= 0.6 is 0 Å². The van der Waals surface area contributed by atoms with Gasteiger partial charge in [-0.2, -0.15) is 0 Å². The maximum atomic E-state index is 10.9. The van der Waals surface area contributed by atoms with E-state index in [1.807, 2.05) is 0 Å². The summed E-state index contributed by atoms with van der Waals surface area (Å²) in [6, 6.07) is 3.33. The molecular weight excluding hydrogens is 242 g/mol. The molecule has 5 nitrogen and oxygen atoms in total. The van der Waals surface area contributed by atoms with Gasteiger partial charge < -0.3 is 16.2 Å². The Bertz CT molecular complexity index is 476. The molecule has 1 saturated carbocycles. The van der Waals surface area contributed by atoms with Crippen molar-refractivity contribution in [2.45, 2.75) is 39.2 Å². The molecule has 0 aliphatic heterocycles. The van der Waals surface area contributed by atoms with Crippen LogP contribution in [-0.2, 0) is 0 Å². The molecule has 1 aromatic rings. The molecule has 3 unspecified atom stereocenters. The predicted molar refractivity (Wildman–Crippen MR) is 75.2 cm³/mol. The standard InChI is InChI=1S/C14H21N3O2/c1-8-4-3-5-11(9(8)2)16-13-10(15)6-7-12(17-13)14(18)19/h6-9,11H,3-5,15H2,1-2H3,(H,16,17)(H,18,19). The van der Waals surface area contributed by atoms with Crippen LogP contribution in [0, 0.1) is 11.8 Å². The first kappa shape index (κ1) is 13.6. The summed E-state index contributed by atoms with van der Waals surface area (Å²) in [5.41, 5.74) is 6.39. The van der Waals surface area contributed by atoms with Crippen molar-refractivity contribution in [3.8, 4) is 0 Å². The highest BCUT2D eigenvalue weighted by Crippen LogP contribution is 2.32. The molecule has 4 N–H and O–H groups in total. The lowest BCUT2D eigenvalue weighted by Gasteiger charge is -2.35. The normalized spacial score (nSPS) is 26.9. The van der Waals surface area contributed by atoms with Crippen LogP contribution in [0.4, 0.5) is 11.5 Å². The number of rotatable bonds is 3. The van der Waals surface area contributed by atoms with Crippen molar-refractivity contribution in [2.24, 2.45) is 11.8 Å². The third-order valence-electron chi connectivity index (χ3n) is 4.17. The lowest BCUT2D eigenvalue weighted by atomic mass is 9.78. The van der Waals surface area contributed by atoms with Crippen molar-refractivity contribution in [3.63, 3.8) is 0 Å². The molecule has 104 valence electrons. The van der Waals surface area contributed by atoms with E-state index < -0.39 is 5.97 Å². The van der Waals surface area contributed by atoms with E-state index in [0.29, 0.717) is 29.4 Å². The molecule has 1 aliphatic carbocycles. The van der Waals surface area contributed by atoms with Gasteiger partial charge in [-0.15, -0.1) is 0 Å². The number of anilines is 2. The highest BCUT2D eigenvalue weighted by molar-refractivity contribution is 5.86. The zero-order valence-electron chi connectivity index (χ0n) is 11.4. The summed E-state index contributed by atoms with van der Waals surface area (Å²) in [6.07, 6.45) is 3.50. The second-order valence-electron chi connectivity index (χ2n) is 5.46. The third kappa shape index (κ3) is 2.97. The highest BCUT2D eigenvalue weighted by Gasteiger charge is 2.27. The fourth-order valence-corrected chi connectivity index (χ4v) is 2.67. The molecule has 1 aliphatic rings. The Hall–Kier alpha value is -1.78. The maximum Gasteiger partial charge on any atom is 0.354 e. The quantitative estimate of drug-likeness (QED) is 0.780. The number of nitrogens with zero attached hydrogens (tertiary/aromatic N) is 1. The van der Waals surface area contributed by atoms with Crippen LogP contribution in [0.2, 0.25) is 0 Å². The van der Waals surface area contributed by atoms with E-state index in [1.54, 1.807) is 6.07 Å².